The molecule has 0 N–H and O–H groups in total. The molecule has 0 aromatic rings. The van der Waals surface area contributed by atoms with E-state index in [0.717, 1.165) is 0 Å². The molecule has 0 aromatic heterocycles. The van der Waals surface area contributed by atoms with Crippen molar-refractivity contribution >= 4 is 7.92 Å². The Kier molecular flexibility index (Phi) is 12.0. The summed E-state index contributed by atoms with van der Waals surface area (Å²) in [5, 5.41) is 0. The summed E-state index contributed by atoms with van der Waals surface area (Å²) in [6, 6.07) is 0. The molecule has 0 rings (SSSR count). The predicted octanol–water partition coefficient (Wildman–Crippen LogP) is 2.53. The average molecular weight is 302 g/mol. The van der Waals surface area contributed by atoms with Gasteiger partial charge in [-0.2, -0.15) is 0 Å². The molecular weight excluding hydrogens is 287 g/mol. The van der Waals surface area contributed by atoms with Gasteiger partial charge in [0.25, 0.3) is 0 Å². The molecule has 0 amide bonds. The second-order valence-corrected chi connectivity index (χ2v) is 4.86. The quantitative estimate of drug-likeness (QED) is 0.703. The zero-order chi connectivity index (χ0) is 5.70. The summed E-state index contributed by atoms with van der Waals surface area (Å²) in [7, 11) is 0.446. The van der Waals surface area contributed by atoms with Gasteiger partial charge in [-0.3, -0.25) is 0 Å². The van der Waals surface area contributed by atoms with Crippen LogP contribution in [-0.4, -0.2) is 18.5 Å². The van der Waals surface area contributed by atoms with Gasteiger partial charge in [0.2, 0.25) is 0 Å². The minimum atomic E-state index is 0. The molecule has 0 radical (unpaired) electrons. The third kappa shape index (κ3) is 5.26. The first-order valence-corrected chi connectivity index (χ1v) is 4.97. The summed E-state index contributed by atoms with van der Waals surface area (Å²) in [5.41, 5.74) is 0. The molecule has 0 spiro atoms. The van der Waals surface area contributed by atoms with Crippen molar-refractivity contribution in [2.75, 3.05) is 18.5 Å². The smallest absolute Gasteiger partial charge is 0 e. The SMILES string of the molecule is CCP(CC)CC.[W]. The Balaban J connectivity index is 0. The van der Waals surface area contributed by atoms with Crippen LogP contribution < -0.4 is 0 Å². The van der Waals surface area contributed by atoms with Crippen LogP contribution in [0.1, 0.15) is 20.8 Å². The molecule has 8 heavy (non-hydrogen) atoms. The second-order valence-electron chi connectivity index (χ2n) is 1.62. The zero-order valence-electron chi connectivity index (χ0n) is 5.98. The van der Waals surface area contributed by atoms with E-state index >= 15 is 0 Å². The summed E-state index contributed by atoms with van der Waals surface area (Å²) in [6.45, 7) is 6.87. The molecule has 2 heteroatoms. The summed E-state index contributed by atoms with van der Waals surface area (Å²) in [5.74, 6) is 0. The molecule has 0 aliphatic carbocycles. The van der Waals surface area contributed by atoms with Crippen molar-refractivity contribution in [3.8, 4) is 0 Å². The van der Waals surface area contributed by atoms with E-state index in [0.29, 0.717) is 7.92 Å². The fourth-order valence-corrected chi connectivity index (χ4v) is 2.01. The minimum absolute atomic E-state index is 0. The van der Waals surface area contributed by atoms with Crippen molar-refractivity contribution in [2.24, 2.45) is 0 Å². The maximum Gasteiger partial charge on any atom is 0 e. The van der Waals surface area contributed by atoms with Gasteiger partial charge in [0.1, 0.15) is 0 Å². The van der Waals surface area contributed by atoms with Crippen molar-refractivity contribution < 1.29 is 21.1 Å². The molecule has 0 fully saturated rings. The Bertz CT molecular complexity index is 30.0. The summed E-state index contributed by atoms with van der Waals surface area (Å²) in [4.78, 5) is 0. The summed E-state index contributed by atoms with van der Waals surface area (Å²) in [6.07, 6.45) is 4.26. The van der Waals surface area contributed by atoms with Gasteiger partial charge in [-0.25, -0.2) is 0 Å². The molecule has 0 atom stereocenters. The predicted molar refractivity (Wildman–Crippen MR) is 38.5 cm³/mol. The van der Waals surface area contributed by atoms with Crippen LogP contribution >= 0.6 is 7.92 Å². The van der Waals surface area contributed by atoms with E-state index in [4.69, 9.17) is 0 Å². The molecule has 0 nitrogen and oxygen atoms in total. The molecule has 0 unspecified atom stereocenters. The average Bonchev–Trinajstić information content (AvgIpc) is 1.72. The van der Waals surface area contributed by atoms with E-state index in [1.54, 1.807) is 0 Å². The molecule has 0 heterocycles. The maximum atomic E-state index is 2.29. The van der Waals surface area contributed by atoms with Crippen molar-refractivity contribution in [3.63, 3.8) is 0 Å². The van der Waals surface area contributed by atoms with Crippen LogP contribution in [-0.2, 0) is 21.1 Å². The van der Waals surface area contributed by atoms with Crippen molar-refractivity contribution in [1.29, 1.82) is 0 Å². The zero-order valence-corrected chi connectivity index (χ0v) is 9.80. The molecular formula is C6H15PW. The van der Waals surface area contributed by atoms with E-state index in [2.05, 4.69) is 20.8 Å². The fourth-order valence-electron chi connectivity index (χ4n) is 0.671. The van der Waals surface area contributed by atoms with Crippen molar-refractivity contribution in [3.05, 3.63) is 0 Å². The van der Waals surface area contributed by atoms with Gasteiger partial charge in [-0.05, 0) is 18.5 Å². The van der Waals surface area contributed by atoms with Gasteiger partial charge in [-0.15, -0.1) is 7.92 Å². The fraction of sp³-hybridized carbons (Fsp3) is 1.00. The summed E-state index contributed by atoms with van der Waals surface area (Å²) >= 11 is 0. The first kappa shape index (κ1) is 11.9. The molecule has 0 aromatic carbocycles. The Morgan fingerprint density at radius 1 is 0.875 bits per heavy atom. The largest absolute Gasteiger partial charge is 0.108 e. The number of rotatable bonds is 3. The van der Waals surface area contributed by atoms with Crippen molar-refractivity contribution in [2.45, 2.75) is 20.8 Å². The topological polar surface area (TPSA) is 0 Å². The standard InChI is InChI=1S/C6H15P.W/c1-4-7(5-2)6-3;/h4-6H2,1-3H3;. The molecule has 0 aliphatic rings. The van der Waals surface area contributed by atoms with Crippen LogP contribution in [0.3, 0.4) is 0 Å². The molecule has 0 saturated carbocycles. The van der Waals surface area contributed by atoms with Gasteiger partial charge in [-0.1, -0.05) is 20.8 Å². The van der Waals surface area contributed by atoms with Gasteiger partial charge >= 0.3 is 0 Å². The van der Waals surface area contributed by atoms with E-state index in [1.807, 2.05) is 0 Å². The Labute approximate surface area is 68.5 Å². The molecule has 0 bridgehead atoms. The molecule has 0 aliphatic heterocycles. The van der Waals surface area contributed by atoms with E-state index < -0.39 is 0 Å². The van der Waals surface area contributed by atoms with E-state index in [1.165, 1.54) is 18.5 Å². The van der Waals surface area contributed by atoms with E-state index in [-0.39, 0.29) is 21.1 Å². The third-order valence-corrected chi connectivity index (χ3v) is 4.02. The van der Waals surface area contributed by atoms with Crippen LogP contribution in [0, 0.1) is 0 Å². The molecule has 0 saturated heterocycles. The number of hydrogen-bond acceptors (Lipinski definition) is 0. The number of hydrogen-bond donors (Lipinski definition) is 0. The van der Waals surface area contributed by atoms with Gasteiger partial charge < -0.3 is 0 Å². The first-order valence-electron chi connectivity index (χ1n) is 3.07. The van der Waals surface area contributed by atoms with Crippen LogP contribution in [0.2, 0.25) is 0 Å². The van der Waals surface area contributed by atoms with Gasteiger partial charge in [0.05, 0.1) is 0 Å². The minimum Gasteiger partial charge on any atom is -0.108 e. The van der Waals surface area contributed by atoms with Crippen molar-refractivity contribution in [1.82, 2.24) is 0 Å². The van der Waals surface area contributed by atoms with E-state index in [9.17, 15) is 0 Å². The Morgan fingerprint density at radius 3 is 1.12 bits per heavy atom. The monoisotopic (exact) mass is 302 g/mol. The van der Waals surface area contributed by atoms with Crippen LogP contribution in [0.15, 0.2) is 0 Å². The normalized spacial score (nSPS) is 9.00. The van der Waals surface area contributed by atoms with Gasteiger partial charge in [0.15, 0.2) is 0 Å². The second kappa shape index (κ2) is 8.12. The molecule has 50 valence electrons. The van der Waals surface area contributed by atoms with Crippen LogP contribution in [0.5, 0.6) is 0 Å². The maximum absolute atomic E-state index is 2.29. The summed E-state index contributed by atoms with van der Waals surface area (Å²) < 4.78 is 0. The Morgan fingerprint density at radius 2 is 1.12 bits per heavy atom. The van der Waals surface area contributed by atoms with Crippen LogP contribution in [0.4, 0.5) is 0 Å². The van der Waals surface area contributed by atoms with Crippen LogP contribution in [0.25, 0.3) is 0 Å². The van der Waals surface area contributed by atoms with Gasteiger partial charge in [0, 0.05) is 21.1 Å². The first-order chi connectivity index (χ1) is 3.35. The Hall–Kier alpha value is 1.12. The third-order valence-electron chi connectivity index (χ3n) is 1.34.